The summed E-state index contributed by atoms with van der Waals surface area (Å²) in [7, 11) is 0. The van der Waals surface area contributed by atoms with Crippen molar-refractivity contribution >= 4 is 23.2 Å². The van der Waals surface area contributed by atoms with E-state index >= 15 is 0 Å². The van der Waals surface area contributed by atoms with Crippen LogP contribution in [0.15, 0.2) is 18.2 Å². The largest absolute Gasteiger partial charge is 0.489 e. The summed E-state index contributed by atoms with van der Waals surface area (Å²) in [6.45, 7) is 2.14. The molecule has 1 heterocycles. The van der Waals surface area contributed by atoms with Gasteiger partial charge in [-0.1, -0.05) is 23.2 Å². The van der Waals surface area contributed by atoms with Crippen molar-refractivity contribution < 1.29 is 14.6 Å². The first-order valence-electron chi connectivity index (χ1n) is 6.22. The van der Waals surface area contributed by atoms with Crippen LogP contribution in [0.1, 0.15) is 6.42 Å². The molecule has 19 heavy (non-hydrogen) atoms. The second-order valence-corrected chi connectivity index (χ2v) is 5.35. The summed E-state index contributed by atoms with van der Waals surface area (Å²) in [5.74, 6) is 0.523. The summed E-state index contributed by atoms with van der Waals surface area (Å²) in [6, 6.07) is 5.33. The van der Waals surface area contributed by atoms with E-state index < -0.39 is 6.10 Å². The first-order valence-corrected chi connectivity index (χ1v) is 6.98. The molecule has 1 aromatic rings. The summed E-state index contributed by atoms with van der Waals surface area (Å²) in [4.78, 5) is 0. The van der Waals surface area contributed by atoms with Crippen LogP contribution in [0.5, 0.6) is 5.75 Å². The summed E-state index contributed by atoms with van der Waals surface area (Å²) in [6.07, 6.45) is 0.392. The topological polar surface area (TPSA) is 50.7 Å². The molecule has 0 radical (unpaired) electrons. The number of nitrogens with one attached hydrogen (secondary N) is 1. The average molecular weight is 306 g/mol. The molecule has 0 aliphatic carbocycles. The van der Waals surface area contributed by atoms with Crippen LogP contribution in [0.2, 0.25) is 10.0 Å². The van der Waals surface area contributed by atoms with Crippen molar-refractivity contribution in [2.45, 2.75) is 18.6 Å². The number of halogens is 2. The van der Waals surface area contributed by atoms with Gasteiger partial charge in [-0.15, -0.1) is 0 Å². The third-order valence-corrected chi connectivity index (χ3v) is 3.43. The molecule has 2 atom stereocenters. The Morgan fingerprint density at radius 1 is 1.47 bits per heavy atom. The molecule has 0 bridgehead atoms. The van der Waals surface area contributed by atoms with E-state index in [4.69, 9.17) is 32.7 Å². The third-order valence-electron chi connectivity index (χ3n) is 2.90. The molecular formula is C13H17Cl2NO3. The number of hydrogen-bond donors (Lipinski definition) is 2. The molecule has 0 saturated carbocycles. The van der Waals surface area contributed by atoms with Gasteiger partial charge in [-0.05, 0) is 24.6 Å². The smallest absolute Gasteiger partial charge is 0.138 e. The monoisotopic (exact) mass is 305 g/mol. The lowest BCUT2D eigenvalue weighted by atomic mass is 10.2. The standard InChI is InChI=1S/C13H17Cl2NO3/c14-9-1-2-13(12(15)5-9)19-8-11(17)6-16-10-3-4-18-7-10/h1-2,5,10-11,16-17H,3-4,6-8H2. The van der Waals surface area contributed by atoms with Crippen molar-refractivity contribution in [1.82, 2.24) is 5.32 Å². The second kappa shape index (κ2) is 7.31. The Labute approximate surface area is 122 Å². The van der Waals surface area contributed by atoms with Crippen molar-refractivity contribution in [3.8, 4) is 5.75 Å². The number of rotatable bonds is 6. The molecule has 1 aliphatic heterocycles. The van der Waals surface area contributed by atoms with Crippen LogP contribution in [0.3, 0.4) is 0 Å². The van der Waals surface area contributed by atoms with E-state index in [-0.39, 0.29) is 6.61 Å². The number of hydrogen-bond acceptors (Lipinski definition) is 4. The molecule has 1 aliphatic rings. The van der Waals surface area contributed by atoms with E-state index in [0.29, 0.717) is 35.0 Å². The maximum absolute atomic E-state index is 9.82. The Morgan fingerprint density at radius 3 is 3.00 bits per heavy atom. The predicted octanol–water partition coefficient (Wildman–Crippen LogP) is 2.11. The number of aliphatic hydroxyl groups excluding tert-OH is 1. The second-order valence-electron chi connectivity index (χ2n) is 4.51. The summed E-state index contributed by atoms with van der Waals surface area (Å²) in [5.41, 5.74) is 0. The van der Waals surface area contributed by atoms with E-state index in [1.165, 1.54) is 0 Å². The fourth-order valence-electron chi connectivity index (χ4n) is 1.84. The molecule has 2 N–H and O–H groups in total. The Bertz CT molecular complexity index is 411. The number of ether oxygens (including phenoxy) is 2. The lowest BCUT2D eigenvalue weighted by molar-refractivity contribution is 0.102. The van der Waals surface area contributed by atoms with Crippen LogP contribution < -0.4 is 10.1 Å². The summed E-state index contributed by atoms with van der Waals surface area (Å²) in [5, 5.41) is 14.0. The molecule has 4 nitrogen and oxygen atoms in total. The zero-order valence-corrected chi connectivity index (χ0v) is 12.0. The van der Waals surface area contributed by atoms with Crippen molar-refractivity contribution in [1.29, 1.82) is 0 Å². The van der Waals surface area contributed by atoms with Crippen LogP contribution >= 0.6 is 23.2 Å². The van der Waals surface area contributed by atoms with Gasteiger partial charge in [0.05, 0.1) is 11.6 Å². The minimum Gasteiger partial charge on any atom is -0.489 e. The van der Waals surface area contributed by atoms with Gasteiger partial charge < -0.3 is 19.9 Å². The molecular weight excluding hydrogens is 289 g/mol. The predicted molar refractivity (Wildman–Crippen MR) is 75.2 cm³/mol. The maximum atomic E-state index is 9.82. The highest BCUT2D eigenvalue weighted by molar-refractivity contribution is 6.35. The first kappa shape index (κ1) is 14.9. The molecule has 0 aromatic heterocycles. The summed E-state index contributed by atoms with van der Waals surface area (Å²) >= 11 is 11.8. The Balaban J connectivity index is 1.71. The molecule has 1 saturated heterocycles. The molecule has 1 aromatic carbocycles. The van der Waals surface area contributed by atoms with Crippen molar-refractivity contribution in [2.24, 2.45) is 0 Å². The van der Waals surface area contributed by atoms with Gasteiger partial charge in [0.25, 0.3) is 0 Å². The van der Waals surface area contributed by atoms with Gasteiger partial charge in [0, 0.05) is 24.2 Å². The van der Waals surface area contributed by atoms with Crippen molar-refractivity contribution in [2.75, 3.05) is 26.4 Å². The quantitative estimate of drug-likeness (QED) is 0.845. The molecule has 1 fully saturated rings. The first-order chi connectivity index (χ1) is 9.15. The van der Waals surface area contributed by atoms with Crippen LogP contribution in [0.25, 0.3) is 0 Å². The molecule has 0 amide bonds. The SMILES string of the molecule is OC(CNC1CCOC1)COc1ccc(Cl)cc1Cl. The van der Waals surface area contributed by atoms with E-state index in [0.717, 1.165) is 13.0 Å². The van der Waals surface area contributed by atoms with Crippen LogP contribution in [-0.2, 0) is 4.74 Å². The van der Waals surface area contributed by atoms with Crippen LogP contribution in [0, 0.1) is 0 Å². The fraction of sp³-hybridized carbons (Fsp3) is 0.538. The minimum absolute atomic E-state index is 0.182. The van der Waals surface area contributed by atoms with E-state index in [1.54, 1.807) is 18.2 Å². The highest BCUT2D eigenvalue weighted by Crippen LogP contribution is 2.27. The summed E-state index contributed by atoms with van der Waals surface area (Å²) < 4.78 is 10.7. The van der Waals surface area contributed by atoms with Crippen LogP contribution in [-0.4, -0.2) is 43.6 Å². The van der Waals surface area contributed by atoms with E-state index in [2.05, 4.69) is 5.32 Å². The van der Waals surface area contributed by atoms with Gasteiger partial charge in [0.2, 0.25) is 0 Å². The van der Waals surface area contributed by atoms with Gasteiger partial charge in [-0.2, -0.15) is 0 Å². The van der Waals surface area contributed by atoms with Crippen LogP contribution in [0.4, 0.5) is 0 Å². The number of aliphatic hydroxyl groups is 1. The zero-order valence-electron chi connectivity index (χ0n) is 10.4. The number of benzene rings is 1. The van der Waals surface area contributed by atoms with Gasteiger partial charge >= 0.3 is 0 Å². The lowest BCUT2D eigenvalue weighted by Crippen LogP contribution is -2.38. The average Bonchev–Trinajstić information content (AvgIpc) is 2.88. The van der Waals surface area contributed by atoms with Gasteiger partial charge in [-0.25, -0.2) is 0 Å². The van der Waals surface area contributed by atoms with Crippen molar-refractivity contribution in [3.05, 3.63) is 28.2 Å². The highest BCUT2D eigenvalue weighted by atomic mass is 35.5. The fourth-order valence-corrected chi connectivity index (χ4v) is 2.30. The van der Waals surface area contributed by atoms with Crippen molar-refractivity contribution in [3.63, 3.8) is 0 Å². The van der Waals surface area contributed by atoms with Gasteiger partial charge in [0.1, 0.15) is 18.5 Å². The van der Waals surface area contributed by atoms with Gasteiger partial charge in [-0.3, -0.25) is 0 Å². The Hall–Kier alpha value is -0.520. The molecule has 2 rings (SSSR count). The maximum Gasteiger partial charge on any atom is 0.138 e. The Kier molecular flexibility index (Phi) is 5.73. The lowest BCUT2D eigenvalue weighted by Gasteiger charge is -2.16. The molecule has 0 spiro atoms. The Morgan fingerprint density at radius 2 is 2.32 bits per heavy atom. The third kappa shape index (κ3) is 4.82. The normalized spacial score (nSPS) is 20.5. The van der Waals surface area contributed by atoms with E-state index in [1.807, 2.05) is 0 Å². The van der Waals surface area contributed by atoms with E-state index in [9.17, 15) is 5.11 Å². The molecule has 106 valence electrons. The highest BCUT2D eigenvalue weighted by Gasteiger charge is 2.16. The molecule has 6 heteroatoms. The molecule has 2 unspecified atom stereocenters. The minimum atomic E-state index is -0.590. The van der Waals surface area contributed by atoms with Gasteiger partial charge in [0.15, 0.2) is 0 Å². The zero-order chi connectivity index (χ0) is 13.7.